The molecule has 2 rings (SSSR count). The van der Waals surface area contributed by atoms with Crippen LogP contribution in [0.25, 0.3) is 0 Å². The molecule has 1 amide bonds. The highest BCUT2D eigenvalue weighted by Gasteiger charge is 2.34. The Morgan fingerprint density at radius 2 is 1.87 bits per heavy atom. The van der Waals surface area contributed by atoms with Crippen molar-refractivity contribution in [1.82, 2.24) is 4.90 Å². The van der Waals surface area contributed by atoms with Crippen LogP contribution < -0.4 is 0 Å². The maximum Gasteiger partial charge on any atom is 0.410 e. The number of hydrogen-bond donors (Lipinski definition) is 0. The highest BCUT2D eigenvalue weighted by Crippen LogP contribution is 2.27. The standard InChI is InChI=1S/C19H27NO3/c1-14-10-11-20(18(22)23-19(2,3)4)16(12-14)13-17(21)15-8-6-5-7-9-15/h5-9,14,16H,10-13H2,1-4H3. The van der Waals surface area contributed by atoms with Crippen molar-refractivity contribution in [3.8, 4) is 0 Å². The summed E-state index contributed by atoms with van der Waals surface area (Å²) in [4.78, 5) is 26.7. The van der Waals surface area contributed by atoms with Crippen LogP contribution in [0, 0.1) is 5.92 Å². The second kappa shape index (κ2) is 7.16. The zero-order valence-corrected chi connectivity index (χ0v) is 14.5. The second-order valence-electron chi connectivity index (χ2n) is 7.45. The lowest BCUT2D eigenvalue weighted by atomic mass is 9.89. The molecule has 1 saturated heterocycles. The molecule has 23 heavy (non-hydrogen) atoms. The molecular formula is C19H27NO3. The number of piperidine rings is 1. The first kappa shape index (κ1) is 17.5. The number of likely N-dealkylation sites (tertiary alicyclic amines) is 1. The van der Waals surface area contributed by atoms with Crippen LogP contribution in [0.3, 0.4) is 0 Å². The Labute approximate surface area is 138 Å². The number of ether oxygens (including phenoxy) is 1. The lowest BCUT2D eigenvalue weighted by molar-refractivity contribution is 0.00514. The first-order valence-corrected chi connectivity index (χ1v) is 8.34. The molecule has 2 atom stereocenters. The molecular weight excluding hydrogens is 290 g/mol. The number of carbonyl (C=O) groups is 2. The van der Waals surface area contributed by atoms with E-state index in [4.69, 9.17) is 4.74 Å². The number of Topliss-reactive ketones (excluding diaryl/α,β-unsaturated/α-hetero) is 1. The normalized spacial score (nSPS) is 21.8. The van der Waals surface area contributed by atoms with Gasteiger partial charge >= 0.3 is 6.09 Å². The highest BCUT2D eigenvalue weighted by atomic mass is 16.6. The maximum absolute atomic E-state index is 12.5. The van der Waals surface area contributed by atoms with E-state index in [1.54, 1.807) is 4.90 Å². The minimum Gasteiger partial charge on any atom is -0.444 e. The van der Waals surface area contributed by atoms with Gasteiger partial charge in [0.05, 0.1) is 0 Å². The molecule has 1 aromatic rings. The van der Waals surface area contributed by atoms with E-state index in [-0.39, 0.29) is 17.9 Å². The van der Waals surface area contributed by atoms with Crippen molar-refractivity contribution in [2.45, 2.75) is 58.6 Å². The molecule has 1 heterocycles. The molecule has 0 saturated carbocycles. The Kier molecular flexibility index (Phi) is 5.45. The van der Waals surface area contributed by atoms with Gasteiger partial charge in [0.25, 0.3) is 0 Å². The van der Waals surface area contributed by atoms with E-state index in [0.29, 0.717) is 24.4 Å². The van der Waals surface area contributed by atoms with E-state index in [1.165, 1.54) is 0 Å². The van der Waals surface area contributed by atoms with Crippen LogP contribution >= 0.6 is 0 Å². The third kappa shape index (κ3) is 5.08. The summed E-state index contributed by atoms with van der Waals surface area (Å²) >= 11 is 0. The summed E-state index contributed by atoms with van der Waals surface area (Å²) in [5, 5.41) is 0. The molecule has 2 unspecified atom stereocenters. The van der Waals surface area contributed by atoms with Gasteiger partial charge in [-0.25, -0.2) is 4.79 Å². The smallest absolute Gasteiger partial charge is 0.410 e. The molecule has 126 valence electrons. The molecule has 4 nitrogen and oxygen atoms in total. The van der Waals surface area contributed by atoms with Crippen LogP contribution in [0.15, 0.2) is 30.3 Å². The van der Waals surface area contributed by atoms with Crippen molar-refractivity contribution >= 4 is 11.9 Å². The molecule has 0 aliphatic carbocycles. The third-order valence-electron chi connectivity index (χ3n) is 4.12. The summed E-state index contributed by atoms with van der Waals surface area (Å²) in [6.07, 6.45) is 1.84. The highest BCUT2D eigenvalue weighted by molar-refractivity contribution is 5.96. The van der Waals surface area contributed by atoms with Gasteiger partial charge in [-0.05, 0) is 39.5 Å². The molecule has 0 aromatic heterocycles. The zero-order chi connectivity index (χ0) is 17.0. The van der Waals surface area contributed by atoms with Crippen LogP contribution in [-0.2, 0) is 4.74 Å². The Morgan fingerprint density at radius 1 is 1.22 bits per heavy atom. The number of nitrogens with zero attached hydrogens (tertiary/aromatic N) is 1. The second-order valence-corrected chi connectivity index (χ2v) is 7.45. The molecule has 1 fully saturated rings. The van der Waals surface area contributed by atoms with E-state index in [1.807, 2.05) is 51.1 Å². The lowest BCUT2D eigenvalue weighted by Gasteiger charge is -2.39. The number of amides is 1. The van der Waals surface area contributed by atoms with E-state index >= 15 is 0 Å². The van der Waals surface area contributed by atoms with Gasteiger partial charge in [-0.3, -0.25) is 4.79 Å². The van der Waals surface area contributed by atoms with Gasteiger partial charge < -0.3 is 9.64 Å². The van der Waals surface area contributed by atoms with Crippen molar-refractivity contribution in [2.75, 3.05) is 6.54 Å². The summed E-state index contributed by atoms with van der Waals surface area (Å²) in [6, 6.07) is 9.19. The molecule has 0 bridgehead atoms. The van der Waals surface area contributed by atoms with Crippen molar-refractivity contribution in [3.63, 3.8) is 0 Å². The van der Waals surface area contributed by atoms with Crippen LogP contribution in [-0.4, -0.2) is 35.0 Å². The number of ketones is 1. The Morgan fingerprint density at radius 3 is 2.48 bits per heavy atom. The zero-order valence-electron chi connectivity index (χ0n) is 14.5. The molecule has 0 spiro atoms. The van der Waals surface area contributed by atoms with Crippen LogP contribution in [0.1, 0.15) is 57.3 Å². The molecule has 0 radical (unpaired) electrons. The lowest BCUT2D eigenvalue weighted by Crippen LogP contribution is -2.48. The summed E-state index contributed by atoms with van der Waals surface area (Å²) in [5.41, 5.74) is 0.184. The fourth-order valence-corrected chi connectivity index (χ4v) is 2.96. The molecule has 1 aromatic carbocycles. The van der Waals surface area contributed by atoms with E-state index < -0.39 is 5.60 Å². The maximum atomic E-state index is 12.5. The first-order valence-electron chi connectivity index (χ1n) is 8.34. The van der Waals surface area contributed by atoms with Gasteiger partial charge in [0, 0.05) is 24.6 Å². The van der Waals surface area contributed by atoms with Crippen molar-refractivity contribution < 1.29 is 14.3 Å². The average molecular weight is 317 g/mol. The quantitative estimate of drug-likeness (QED) is 0.781. The molecule has 4 heteroatoms. The van der Waals surface area contributed by atoms with Crippen molar-refractivity contribution in [1.29, 1.82) is 0 Å². The SMILES string of the molecule is CC1CCN(C(=O)OC(C)(C)C)C(CC(=O)c2ccccc2)C1. The van der Waals surface area contributed by atoms with Crippen LogP contribution in [0.5, 0.6) is 0 Å². The molecule has 0 N–H and O–H groups in total. The third-order valence-corrected chi connectivity index (χ3v) is 4.12. The van der Waals surface area contributed by atoms with Crippen LogP contribution in [0.4, 0.5) is 4.79 Å². The largest absolute Gasteiger partial charge is 0.444 e. The Bertz CT molecular complexity index is 547. The van der Waals surface area contributed by atoms with E-state index in [9.17, 15) is 9.59 Å². The predicted molar refractivity (Wildman–Crippen MR) is 90.5 cm³/mol. The van der Waals surface area contributed by atoms with Gasteiger partial charge in [0.2, 0.25) is 0 Å². The fraction of sp³-hybridized carbons (Fsp3) is 0.579. The summed E-state index contributed by atoms with van der Waals surface area (Å²) in [7, 11) is 0. The van der Waals surface area contributed by atoms with Crippen molar-refractivity contribution in [2.24, 2.45) is 5.92 Å². The predicted octanol–water partition coefficient (Wildman–Crippen LogP) is 4.30. The van der Waals surface area contributed by atoms with E-state index in [0.717, 1.165) is 12.8 Å². The Hall–Kier alpha value is -1.84. The fourth-order valence-electron chi connectivity index (χ4n) is 2.96. The Balaban J connectivity index is 2.08. The van der Waals surface area contributed by atoms with Crippen molar-refractivity contribution in [3.05, 3.63) is 35.9 Å². The van der Waals surface area contributed by atoms with E-state index in [2.05, 4.69) is 6.92 Å². The first-order chi connectivity index (χ1) is 10.8. The molecule has 1 aliphatic rings. The number of rotatable bonds is 3. The minimum absolute atomic E-state index is 0.0817. The summed E-state index contributed by atoms with van der Waals surface area (Å²) < 4.78 is 5.51. The van der Waals surface area contributed by atoms with Gasteiger partial charge in [-0.2, -0.15) is 0 Å². The minimum atomic E-state index is -0.520. The monoisotopic (exact) mass is 317 g/mol. The van der Waals surface area contributed by atoms with Gasteiger partial charge in [0.15, 0.2) is 5.78 Å². The number of benzene rings is 1. The number of hydrogen-bond acceptors (Lipinski definition) is 3. The van der Waals surface area contributed by atoms with Crippen LogP contribution in [0.2, 0.25) is 0 Å². The molecule has 1 aliphatic heterocycles. The topological polar surface area (TPSA) is 46.6 Å². The average Bonchev–Trinajstić information content (AvgIpc) is 2.46. The van der Waals surface area contributed by atoms with Gasteiger partial charge in [0.1, 0.15) is 5.60 Å². The van der Waals surface area contributed by atoms with Gasteiger partial charge in [-0.1, -0.05) is 37.3 Å². The summed E-state index contributed by atoms with van der Waals surface area (Å²) in [6.45, 7) is 8.42. The van der Waals surface area contributed by atoms with Gasteiger partial charge in [-0.15, -0.1) is 0 Å². The summed E-state index contributed by atoms with van der Waals surface area (Å²) in [5.74, 6) is 0.598. The number of carbonyl (C=O) groups excluding carboxylic acids is 2.